The van der Waals surface area contributed by atoms with Crippen LogP contribution in [0.2, 0.25) is 10.0 Å². The van der Waals surface area contributed by atoms with Crippen molar-refractivity contribution in [2.45, 2.75) is 26.8 Å². The molecule has 0 aliphatic carbocycles. The SMILES string of the molecule is CCOC(=O)C1=C(C)N=c2s/c(=C\c3cc(Cl)c(O)c(Cl)c3)c(=O)n2[C@H]1c1ccc(OCC(=O)OC)c(OCC)c1. The Morgan fingerprint density at radius 3 is 2.44 bits per heavy atom. The summed E-state index contributed by atoms with van der Waals surface area (Å²) in [5.41, 5.74) is 1.18. The lowest BCUT2D eigenvalue weighted by molar-refractivity contribution is -0.143. The average molecular weight is 621 g/mol. The largest absolute Gasteiger partial charge is 0.505 e. The second-order valence-corrected chi connectivity index (χ2v) is 10.5. The zero-order valence-corrected chi connectivity index (χ0v) is 24.9. The molecule has 216 valence electrons. The van der Waals surface area contributed by atoms with E-state index in [2.05, 4.69) is 9.73 Å². The molecule has 0 radical (unpaired) electrons. The van der Waals surface area contributed by atoms with Gasteiger partial charge in [-0.3, -0.25) is 9.36 Å². The van der Waals surface area contributed by atoms with Gasteiger partial charge in [-0.05, 0) is 62.2 Å². The van der Waals surface area contributed by atoms with Gasteiger partial charge < -0.3 is 24.1 Å². The molecule has 1 aromatic heterocycles. The molecule has 1 aliphatic heterocycles. The number of benzene rings is 2. The summed E-state index contributed by atoms with van der Waals surface area (Å²) in [6, 6.07) is 6.97. The highest BCUT2D eigenvalue weighted by Gasteiger charge is 2.34. The summed E-state index contributed by atoms with van der Waals surface area (Å²) in [6.45, 7) is 5.23. The maximum Gasteiger partial charge on any atom is 0.343 e. The van der Waals surface area contributed by atoms with Gasteiger partial charge in [0.25, 0.3) is 5.56 Å². The van der Waals surface area contributed by atoms with E-state index in [9.17, 15) is 19.5 Å². The van der Waals surface area contributed by atoms with Gasteiger partial charge in [-0.1, -0.05) is 40.6 Å². The molecule has 0 amide bonds. The van der Waals surface area contributed by atoms with Crippen molar-refractivity contribution in [1.29, 1.82) is 0 Å². The van der Waals surface area contributed by atoms with E-state index in [0.29, 0.717) is 31.9 Å². The zero-order valence-electron chi connectivity index (χ0n) is 22.5. The lowest BCUT2D eigenvalue weighted by Crippen LogP contribution is -2.40. The molecule has 0 unspecified atom stereocenters. The van der Waals surface area contributed by atoms with E-state index >= 15 is 0 Å². The Balaban J connectivity index is 1.91. The number of aromatic hydroxyl groups is 1. The number of phenolic OH excluding ortho intramolecular Hbond substituents is 1. The predicted octanol–water partition coefficient (Wildman–Crippen LogP) is 3.76. The monoisotopic (exact) mass is 620 g/mol. The topological polar surface area (TPSA) is 126 Å². The van der Waals surface area contributed by atoms with E-state index in [1.54, 1.807) is 45.0 Å². The summed E-state index contributed by atoms with van der Waals surface area (Å²) in [7, 11) is 1.25. The van der Waals surface area contributed by atoms with Crippen LogP contribution in [0.1, 0.15) is 37.9 Å². The van der Waals surface area contributed by atoms with Crippen LogP contribution >= 0.6 is 34.5 Å². The molecule has 41 heavy (non-hydrogen) atoms. The summed E-state index contributed by atoms with van der Waals surface area (Å²) >= 11 is 13.3. The lowest BCUT2D eigenvalue weighted by Gasteiger charge is -2.25. The molecule has 3 aromatic rings. The van der Waals surface area contributed by atoms with Crippen LogP contribution in [-0.2, 0) is 19.1 Å². The molecule has 1 aliphatic rings. The van der Waals surface area contributed by atoms with Gasteiger partial charge in [-0.2, -0.15) is 0 Å². The van der Waals surface area contributed by atoms with Crippen molar-refractivity contribution in [3.63, 3.8) is 0 Å². The molecule has 1 N–H and O–H groups in total. The second-order valence-electron chi connectivity index (χ2n) is 8.64. The first-order valence-corrected chi connectivity index (χ1v) is 14.0. The van der Waals surface area contributed by atoms with Gasteiger partial charge in [0.2, 0.25) is 0 Å². The fourth-order valence-electron chi connectivity index (χ4n) is 4.20. The van der Waals surface area contributed by atoms with Gasteiger partial charge in [-0.25, -0.2) is 14.6 Å². The highest BCUT2D eigenvalue weighted by Crippen LogP contribution is 2.37. The molecule has 4 rings (SSSR count). The fraction of sp³-hybridized carbons (Fsp3) is 0.286. The Labute approximate surface area is 248 Å². The van der Waals surface area contributed by atoms with Crippen molar-refractivity contribution in [1.82, 2.24) is 4.57 Å². The summed E-state index contributed by atoms with van der Waals surface area (Å²) < 4.78 is 23.0. The quantitative estimate of drug-likeness (QED) is 0.358. The Bertz CT molecular complexity index is 1700. The minimum atomic E-state index is -0.909. The van der Waals surface area contributed by atoms with Gasteiger partial charge in [0.1, 0.15) is 0 Å². The van der Waals surface area contributed by atoms with Crippen LogP contribution < -0.4 is 24.4 Å². The highest BCUT2D eigenvalue weighted by atomic mass is 35.5. The third-order valence-corrected chi connectivity index (χ3v) is 7.57. The summed E-state index contributed by atoms with van der Waals surface area (Å²) in [6.07, 6.45) is 1.58. The number of aromatic nitrogens is 1. The van der Waals surface area contributed by atoms with E-state index < -0.39 is 23.5 Å². The number of carbonyl (C=O) groups excluding carboxylic acids is 2. The number of methoxy groups -OCH3 is 1. The number of ether oxygens (including phenoxy) is 4. The van der Waals surface area contributed by atoms with Crippen molar-refractivity contribution in [2.24, 2.45) is 4.99 Å². The molecule has 0 saturated carbocycles. The van der Waals surface area contributed by atoms with Crippen LogP contribution in [0.25, 0.3) is 6.08 Å². The van der Waals surface area contributed by atoms with Crippen molar-refractivity contribution in [3.8, 4) is 17.2 Å². The number of hydrogen-bond donors (Lipinski definition) is 1. The number of rotatable bonds is 9. The van der Waals surface area contributed by atoms with Crippen LogP contribution in [0, 0.1) is 0 Å². The van der Waals surface area contributed by atoms with E-state index in [0.717, 1.165) is 11.3 Å². The lowest BCUT2D eigenvalue weighted by atomic mass is 9.95. The van der Waals surface area contributed by atoms with E-state index in [1.807, 2.05) is 0 Å². The Hall–Kier alpha value is -3.80. The Kier molecular flexibility index (Phi) is 9.42. The molecule has 0 spiro atoms. The van der Waals surface area contributed by atoms with Gasteiger partial charge in [0.15, 0.2) is 28.7 Å². The van der Waals surface area contributed by atoms with Crippen LogP contribution in [0.5, 0.6) is 17.2 Å². The fourth-order valence-corrected chi connectivity index (χ4v) is 5.76. The number of nitrogens with zero attached hydrogens (tertiary/aromatic N) is 2. The van der Waals surface area contributed by atoms with Crippen molar-refractivity contribution in [2.75, 3.05) is 26.9 Å². The van der Waals surface area contributed by atoms with Crippen molar-refractivity contribution < 1.29 is 33.6 Å². The van der Waals surface area contributed by atoms with Crippen molar-refractivity contribution in [3.05, 3.63) is 82.5 Å². The maximum absolute atomic E-state index is 13.8. The summed E-state index contributed by atoms with van der Waals surface area (Å²) in [5, 5.41) is 9.97. The molecule has 0 bridgehead atoms. The summed E-state index contributed by atoms with van der Waals surface area (Å²) in [4.78, 5) is 43.6. The molecule has 2 heterocycles. The third-order valence-electron chi connectivity index (χ3n) is 6.01. The van der Waals surface area contributed by atoms with Gasteiger partial charge in [-0.15, -0.1) is 0 Å². The summed E-state index contributed by atoms with van der Waals surface area (Å²) in [5.74, 6) is -0.849. The van der Waals surface area contributed by atoms with Gasteiger partial charge in [0.05, 0.1) is 52.2 Å². The van der Waals surface area contributed by atoms with E-state index in [-0.39, 0.29) is 46.9 Å². The minimum absolute atomic E-state index is 0.0350. The number of carbonyl (C=O) groups is 2. The zero-order chi connectivity index (χ0) is 29.8. The molecule has 1 atom stereocenters. The van der Waals surface area contributed by atoms with Crippen LogP contribution in [0.3, 0.4) is 0 Å². The Morgan fingerprint density at radius 2 is 1.80 bits per heavy atom. The molecule has 0 saturated heterocycles. The number of allylic oxidation sites excluding steroid dienone is 1. The van der Waals surface area contributed by atoms with Crippen LogP contribution in [0.15, 0.2) is 51.4 Å². The first-order valence-electron chi connectivity index (χ1n) is 12.4. The van der Waals surface area contributed by atoms with Gasteiger partial charge >= 0.3 is 11.9 Å². The molecule has 13 heteroatoms. The first-order chi connectivity index (χ1) is 19.6. The predicted molar refractivity (Wildman–Crippen MR) is 154 cm³/mol. The van der Waals surface area contributed by atoms with Crippen LogP contribution in [-0.4, -0.2) is 48.5 Å². The van der Waals surface area contributed by atoms with Crippen LogP contribution in [0.4, 0.5) is 0 Å². The number of phenols is 1. The molecule has 0 fully saturated rings. The number of fused-ring (bicyclic) bond motifs is 1. The standard InChI is InChI=1S/C28H26Cl2N2O8S/c1-5-38-20-12-16(7-8-19(20)40-13-22(33)37-4)24-23(27(36)39-6-2)14(3)31-28-32(24)26(35)21(41-28)11-15-9-17(29)25(34)18(30)10-15/h7-12,24,34H,5-6,13H2,1-4H3/b21-11-/t24-/m0/s1. The molecular formula is C28H26Cl2N2O8S. The highest BCUT2D eigenvalue weighted by molar-refractivity contribution is 7.07. The maximum atomic E-state index is 13.8. The minimum Gasteiger partial charge on any atom is -0.505 e. The molecule has 10 nitrogen and oxygen atoms in total. The first kappa shape index (κ1) is 30.2. The number of esters is 2. The smallest absolute Gasteiger partial charge is 0.343 e. The number of halogens is 2. The van der Waals surface area contributed by atoms with E-state index in [4.69, 9.17) is 37.4 Å². The number of thiazole rings is 1. The van der Waals surface area contributed by atoms with E-state index in [1.165, 1.54) is 23.8 Å². The number of hydrogen-bond acceptors (Lipinski definition) is 10. The second kappa shape index (κ2) is 12.8. The van der Waals surface area contributed by atoms with Gasteiger partial charge in [0, 0.05) is 0 Å². The average Bonchev–Trinajstić information content (AvgIpc) is 3.24. The molecule has 2 aromatic carbocycles. The van der Waals surface area contributed by atoms with Crippen molar-refractivity contribution >= 4 is 52.6 Å². The normalized spacial score (nSPS) is 14.8. The Morgan fingerprint density at radius 1 is 1.10 bits per heavy atom. The molecular weight excluding hydrogens is 595 g/mol. The third kappa shape index (κ3) is 6.27.